The normalized spacial score (nSPS) is 10.9. The van der Waals surface area contributed by atoms with Crippen molar-refractivity contribution in [3.63, 3.8) is 0 Å². The quantitative estimate of drug-likeness (QED) is 0.632. The van der Waals surface area contributed by atoms with E-state index in [9.17, 15) is 0 Å². The van der Waals surface area contributed by atoms with Crippen LogP contribution < -0.4 is 15.7 Å². The van der Waals surface area contributed by atoms with E-state index >= 15 is 0 Å². The van der Waals surface area contributed by atoms with Crippen LogP contribution in [0.1, 0.15) is 22.3 Å². The minimum absolute atomic E-state index is 0.660. The Bertz CT molecular complexity index is 748. The largest absolute Gasteiger partial charge is 0.357 e. The fourth-order valence-corrected chi connectivity index (χ4v) is 5.75. The number of para-hydroxylation sites is 1. The summed E-state index contributed by atoms with van der Waals surface area (Å²) in [7, 11) is -0.660. The molecule has 0 radical (unpaired) electrons. The van der Waals surface area contributed by atoms with E-state index in [4.69, 9.17) is 0 Å². The second-order valence-electron chi connectivity index (χ2n) is 6.29. The van der Waals surface area contributed by atoms with Crippen LogP contribution in [0.15, 0.2) is 66.7 Å². The summed E-state index contributed by atoms with van der Waals surface area (Å²) in [5.41, 5.74) is 6.59. The summed E-state index contributed by atoms with van der Waals surface area (Å²) in [6.45, 7) is 8.88. The van der Waals surface area contributed by atoms with Gasteiger partial charge in [0.05, 0.1) is 8.07 Å². The first-order valence-corrected chi connectivity index (χ1v) is 9.66. The lowest BCUT2D eigenvalue weighted by Gasteiger charge is -2.27. The molecule has 0 aliphatic carbocycles. The summed E-state index contributed by atoms with van der Waals surface area (Å²) in [6.07, 6.45) is 0. The molecule has 0 saturated carbocycles. The predicted molar refractivity (Wildman–Crippen MR) is 108 cm³/mol. The van der Waals surface area contributed by atoms with Crippen molar-refractivity contribution in [2.45, 2.75) is 27.7 Å². The van der Waals surface area contributed by atoms with E-state index in [1.54, 1.807) is 0 Å². The van der Waals surface area contributed by atoms with Gasteiger partial charge in [-0.05, 0) is 62.1 Å². The second-order valence-corrected chi connectivity index (χ2v) is 8.08. The third-order valence-electron chi connectivity index (χ3n) is 4.34. The average Bonchev–Trinajstić information content (AvgIpc) is 2.55. The number of anilines is 1. The van der Waals surface area contributed by atoms with Crippen LogP contribution >= 0.6 is 8.07 Å². The van der Waals surface area contributed by atoms with Gasteiger partial charge in [0.25, 0.3) is 0 Å². The molecule has 1 nitrogen and oxygen atoms in total. The third-order valence-corrected chi connectivity index (χ3v) is 7.13. The molecule has 0 spiro atoms. The summed E-state index contributed by atoms with van der Waals surface area (Å²) in [6, 6.07) is 23.7. The molecule has 0 aliphatic heterocycles. The van der Waals surface area contributed by atoms with Crippen molar-refractivity contribution in [3.8, 4) is 0 Å². The first-order chi connectivity index (χ1) is 11.6. The van der Waals surface area contributed by atoms with Gasteiger partial charge < -0.3 is 5.09 Å². The fourth-order valence-electron chi connectivity index (χ4n) is 3.18. The van der Waals surface area contributed by atoms with Crippen LogP contribution in [-0.2, 0) is 0 Å². The summed E-state index contributed by atoms with van der Waals surface area (Å²) >= 11 is 0. The van der Waals surface area contributed by atoms with E-state index in [0.29, 0.717) is 0 Å². The lowest BCUT2D eigenvalue weighted by molar-refractivity contribution is 1.41. The zero-order valence-corrected chi connectivity index (χ0v) is 15.7. The molecule has 0 aliphatic rings. The van der Waals surface area contributed by atoms with Crippen molar-refractivity contribution in [2.24, 2.45) is 0 Å². The molecule has 0 atom stereocenters. The Kier molecular flexibility index (Phi) is 5.02. The number of aryl methyl sites for hydroxylation is 4. The molecule has 0 amide bonds. The Morgan fingerprint density at radius 2 is 0.958 bits per heavy atom. The molecule has 122 valence electrons. The Morgan fingerprint density at radius 3 is 1.38 bits per heavy atom. The van der Waals surface area contributed by atoms with Gasteiger partial charge in [-0.15, -0.1) is 0 Å². The highest BCUT2D eigenvalue weighted by atomic mass is 31.1. The first-order valence-electron chi connectivity index (χ1n) is 8.32. The lowest BCUT2D eigenvalue weighted by atomic mass is 10.1. The highest BCUT2D eigenvalue weighted by Gasteiger charge is 2.21. The Hall–Kier alpha value is -2.11. The minimum atomic E-state index is -0.660. The van der Waals surface area contributed by atoms with E-state index in [0.717, 1.165) is 0 Å². The van der Waals surface area contributed by atoms with Crippen LogP contribution in [0.25, 0.3) is 0 Å². The molecule has 0 fully saturated rings. The van der Waals surface area contributed by atoms with Crippen LogP contribution in [-0.4, -0.2) is 0 Å². The monoisotopic (exact) mass is 333 g/mol. The maximum atomic E-state index is 3.84. The van der Waals surface area contributed by atoms with Crippen molar-refractivity contribution in [1.29, 1.82) is 0 Å². The van der Waals surface area contributed by atoms with Gasteiger partial charge in [-0.25, -0.2) is 0 Å². The van der Waals surface area contributed by atoms with Crippen molar-refractivity contribution >= 4 is 24.4 Å². The molecule has 1 N–H and O–H groups in total. The molecule has 0 unspecified atom stereocenters. The number of rotatable bonds is 4. The second kappa shape index (κ2) is 7.20. The lowest BCUT2D eigenvalue weighted by Crippen LogP contribution is -2.25. The molecule has 24 heavy (non-hydrogen) atoms. The third kappa shape index (κ3) is 3.37. The highest BCUT2D eigenvalue weighted by Crippen LogP contribution is 2.39. The Morgan fingerprint density at radius 1 is 0.542 bits per heavy atom. The van der Waals surface area contributed by atoms with Crippen molar-refractivity contribution in [3.05, 3.63) is 89.0 Å². The Balaban J connectivity index is 2.18. The molecule has 3 aromatic rings. The molecular weight excluding hydrogens is 309 g/mol. The van der Waals surface area contributed by atoms with Gasteiger partial charge in [0, 0.05) is 16.3 Å². The molecule has 2 heteroatoms. The fraction of sp³-hybridized carbons (Fsp3) is 0.182. The van der Waals surface area contributed by atoms with E-state index in [2.05, 4.69) is 99.5 Å². The van der Waals surface area contributed by atoms with Gasteiger partial charge in [-0.3, -0.25) is 0 Å². The van der Waals surface area contributed by atoms with Gasteiger partial charge in [0.1, 0.15) is 0 Å². The SMILES string of the molecule is Cc1cccc(C)c1P(Nc1ccccc1)c1c(C)cccc1C. The van der Waals surface area contributed by atoms with Crippen LogP contribution in [0.5, 0.6) is 0 Å². The van der Waals surface area contributed by atoms with Gasteiger partial charge in [-0.1, -0.05) is 54.6 Å². The molecule has 0 aromatic heterocycles. The smallest absolute Gasteiger partial charge is 0.0533 e. The maximum Gasteiger partial charge on any atom is 0.0533 e. The van der Waals surface area contributed by atoms with Gasteiger partial charge in [0.2, 0.25) is 0 Å². The zero-order valence-electron chi connectivity index (χ0n) is 14.8. The first kappa shape index (κ1) is 16.7. The number of hydrogen-bond acceptors (Lipinski definition) is 1. The minimum Gasteiger partial charge on any atom is -0.357 e. The van der Waals surface area contributed by atoms with Crippen LogP contribution in [0.4, 0.5) is 5.69 Å². The maximum absolute atomic E-state index is 3.84. The van der Waals surface area contributed by atoms with E-state index in [1.807, 2.05) is 0 Å². The van der Waals surface area contributed by atoms with Gasteiger partial charge in [-0.2, -0.15) is 0 Å². The zero-order chi connectivity index (χ0) is 17.1. The van der Waals surface area contributed by atoms with Gasteiger partial charge in [0.15, 0.2) is 0 Å². The number of benzene rings is 3. The van der Waals surface area contributed by atoms with Crippen molar-refractivity contribution in [2.75, 3.05) is 5.09 Å². The molecule has 3 aromatic carbocycles. The van der Waals surface area contributed by atoms with Crippen LogP contribution in [0.2, 0.25) is 0 Å². The van der Waals surface area contributed by atoms with Gasteiger partial charge >= 0.3 is 0 Å². The molecule has 3 rings (SSSR count). The number of nitrogens with one attached hydrogen (secondary N) is 1. The summed E-state index contributed by atoms with van der Waals surface area (Å²) in [5.74, 6) is 0. The molecule has 0 bridgehead atoms. The standard InChI is InChI=1S/C22H24NP/c1-16-10-8-11-17(2)21(16)24(23-20-14-6-5-7-15-20)22-18(3)12-9-13-19(22)4/h5-15,23H,1-4H3. The summed E-state index contributed by atoms with van der Waals surface area (Å²) < 4.78 is 0. The summed E-state index contributed by atoms with van der Waals surface area (Å²) in [5, 5.41) is 6.72. The van der Waals surface area contributed by atoms with Crippen LogP contribution in [0, 0.1) is 27.7 Å². The highest BCUT2D eigenvalue weighted by molar-refractivity contribution is 7.74. The van der Waals surface area contributed by atoms with Crippen molar-refractivity contribution in [1.82, 2.24) is 0 Å². The molecular formula is C22H24NP. The average molecular weight is 333 g/mol. The summed E-state index contributed by atoms with van der Waals surface area (Å²) in [4.78, 5) is 0. The van der Waals surface area contributed by atoms with Crippen LogP contribution in [0.3, 0.4) is 0 Å². The molecule has 0 heterocycles. The van der Waals surface area contributed by atoms with Crippen molar-refractivity contribution < 1.29 is 0 Å². The van der Waals surface area contributed by atoms with E-state index in [-0.39, 0.29) is 0 Å². The predicted octanol–water partition coefficient (Wildman–Crippen LogP) is 5.38. The Labute approximate surface area is 146 Å². The van der Waals surface area contributed by atoms with E-state index in [1.165, 1.54) is 38.6 Å². The van der Waals surface area contributed by atoms with E-state index < -0.39 is 8.07 Å². The topological polar surface area (TPSA) is 12.0 Å². The number of hydrogen-bond donors (Lipinski definition) is 1. The molecule has 0 saturated heterocycles.